The summed E-state index contributed by atoms with van der Waals surface area (Å²) in [4.78, 5) is 15.1. The SMILES string of the molecule is NC(C(=O)O)c1csc(NC(C2CC2)C2CC2)n1. The van der Waals surface area contributed by atoms with E-state index in [1.165, 1.54) is 37.0 Å². The average Bonchev–Trinajstić information content (AvgIpc) is 3.25. The first-order valence-electron chi connectivity index (χ1n) is 6.35. The summed E-state index contributed by atoms with van der Waals surface area (Å²) in [5.74, 6) is 0.545. The van der Waals surface area contributed by atoms with E-state index in [1.54, 1.807) is 5.38 Å². The van der Waals surface area contributed by atoms with E-state index in [-0.39, 0.29) is 0 Å². The number of thiazole rings is 1. The van der Waals surface area contributed by atoms with E-state index in [4.69, 9.17) is 10.8 Å². The van der Waals surface area contributed by atoms with Crippen molar-refractivity contribution < 1.29 is 9.90 Å². The van der Waals surface area contributed by atoms with E-state index in [0.717, 1.165) is 17.0 Å². The number of nitrogens with two attached hydrogens (primary N) is 1. The normalized spacial score (nSPS) is 21.0. The van der Waals surface area contributed by atoms with Crippen molar-refractivity contribution in [3.05, 3.63) is 11.1 Å². The molecule has 0 aliphatic heterocycles. The van der Waals surface area contributed by atoms with Crippen molar-refractivity contribution in [2.75, 3.05) is 5.32 Å². The zero-order chi connectivity index (χ0) is 12.7. The van der Waals surface area contributed by atoms with E-state index in [2.05, 4.69) is 10.3 Å². The minimum Gasteiger partial charge on any atom is -0.480 e. The summed E-state index contributed by atoms with van der Waals surface area (Å²) in [5.41, 5.74) is 5.99. The van der Waals surface area contributed by atoms with Gasteiger partial charge in [-0.2, -0.15) is 0 Å². The molecule has 0 radical (unpaired) electrons. The first-order valence-corrected chi connectivity index (χ1v) is 7.23. The molecule has 1 atom stereocenters. The van der Waals surface area contributed by atoms with Gasteiger partial charge in [-0.1, -0.05) is 0 Å². The number of anilines is 1. The molecule has 0 saturated heterocycles. The van der Waals surface area contributed by atoms with Crippen molar-refractivity contribution in [1.29, 1.82) is 0 Å². The van der Waals surface area contributed by atoms with Crippen LogP contribution < -0.4 is 11.1 Å². The number of carboxylic acid groups (broad SMARTS) is 1. The second-order valence-corrected chi connectivity index (χ2v) is 6.10. The van der Waals surface area contributed by atoms with E-state index in [0.29, 0.717) is 11.7 Å². The lowest BCUT2D eigenvalue weighted by molar-refractivity contribution is -0.138. The summed E-state index contributed by atoms with van der Waals surface area (Å²) < 4.78 is 0. The Labute approximate surface area is 109 Å². The maximum absolute atomic E-state index is 10.8. The molecule has 1 heterocycles. The standard InChI is InChI=1S/C12H17N3O2S/c13-9(11(16)17)8-5-18-12(14-8)15-10(6-1-2-6)7-3-4-7/h5-7,9-10H,1-4,13H2,(H,14,15)(H,16,17). The summed E-state index contributed by atoms with van der Waals surface area (Å²) in [5, 5.41) is 14.9. The Kier molecular flexibility index (Phi) is 2.99. The Balaban J connectivity index is 1.67. The van der Waals surface area contributed by atoms with Crippen molar-refractivity contribution in [1.82, 2.24) is 4.98 Å². The molecule has 2 fully saturated rings. The molecule has 18 heavy (non-hydrogen) atoms. The lowest BCUT2D eigenvalue weighted by Crippen LogP contribution is -2.24. The van der Waals surface area contributed by atoms with Crippen LogP contribution in [0.3, 0.4) is 0 Å². The number of rotatable bonds is 6. The van der Waals surface area contributed by atoms with Crippen LogP contribution in [0.2, 0.25) is 0 Å². The maximum Gasteiger partial charge on any atom is 0.326 e. The van der Waals surface area contributed by atoms with E-state index in [1.807, 2.05) is 0 Å². The molecule has 2 aliphatic carbocycles. The Hall–Kier alpha value is -1.14. The number of hydrogen-bond donors (Lipinski definition) is 3. The van der Waals surface area contributed by atoms with Gasteiger partial charge in [0.2, 0.25) is 0 Å². The number of carboxylic acids is 1. The van der Waals surface area contributed by atoms with Gasteiger partial charge in [0.15, 0.2) is 5.13 Å². The molecule has 2 aliphatic rings. The van der Waals surface area contributed by atoms with Gasteiger partial charge in [0.25, 0.3) is 0 Å². The summed E-state index contributed by atoms with van der Waals surface area (Å²) in [7, 11) is 0. The van der Waals surface area contributed by atoms with Crippen LogP contribution in [0.1, 0.15) is 37.4 Å². The van der Waals surface area contributed by atoms with Gasteiger partial charge >= 0.3 is 5.97 Å². The van der Waals surface area contributed by atoms with Gasteiger partial charge in [-0.15, -0.1) is 11.3 Å². The topological polar surface area (TPSA) is 88.2 Å². The largest absolute Gasteiger partial charge is 0.480 e. The molecule has 6 heteroatoms. The Bertz CT molecular complexity index is 442. The highest BCUT2D eigenvalue weighted by Gasteiger charge is 2.41. The zero-order valence-corrected chi connectivity index (χ0v) is 10.8. The van der Waals surface area contributed by atoms with Gasteiger partial charge in [-0.05, 0) is 37.5 Å². The number of nitrogens with zero attached hydrogens (tertiary/aromatic N) is 1. The van der Waals surface area contributed by atoms with Crippen molar-refractivity contribution >= 4 is 22.4 Å². The maximum atomic E-state index is 10.8. The third-order valence-electron chi connectivity index (χ3n) is 3.66. The predicted octanol–water partition coefficient (Wildman–Crippen LogP) is 1.83. The molecule has 2 saturated carbocycles. The molecule has 3 rings (SSSR count). The highest BCUT2D eigenvalue weighted by atomic mass is 32.1. The van der Waals surface area contributed by atoms with Crippen molar-refractivity contribution in [3.63, 3.8) is 0 Å². The van der Waals surface area contributed by atoms with Crippen LogP contribution in [0, 0.1) is 11.8 Å². The average molecular weight is 267 g/mol. The fourth-order valence-corrected chi connectivity index (χ4v) is 3.09. The molecule has 0 bridgehead atoms. The molecule has 1 aromatic rings. The molecule has 4 N–H and O–H groups in total. The number of nitrogens with one attached hydrogen (secondary N) is 1. The smallest absolute Gasteiger partial charge is 0.326 e. The molecular formula is C12H17N3O2S. The Morgan fingerprint density at radius 1 is 1.44 bits per heavy atom. The van der Waals surface area contributed by atoms with Gasteiger partial charge in [0.05, 0.1) is 5.69 Å². The lowest BCUT2D eigenvalue weighted by Gasteiger charge is -2.16. The molecule has 98 valence electrons. The van der Waals surface area contributed by atoms with Crippen molar-refractivity contribution in [2.24, 2.45) is 17.6 Å². The van der Waals surface area contributed by atoms with Gasteiger partial charge in [0.1, 0.15) is 6.04 Å². The third kappa shape index (κ3) is 2.49. The first kappa shape index (κ1) is 11.9. The summed E-state index contributed by atoms with van der Waals surface area (Å²) in [6.07, 6.45) is 5.23. The lowest BCUT2D eigenvalue weighted by atomic mass is 10.1. The van der Waals surface area contributed by atoms with Gasteiger partial charge in [-0.3, -0.25) is 4.79 Å². The predicted molar refractivity (Wildman–Crippen MR) is 69.5 cm³/mol. The fourth-order valence-electron chi connectivity index (χ4n) is 2.30. The first-order chi connectivity index (χ1) is 8.65. The zero-order valence-electron chi connectivity index (χ0n) is 10.0. The van der Waals surface area contributed by atoms with Crippen LogP contribution in [0.25, 0.3) is 0 Å². The molecule has 1 aromatic heterocycles. The van der Waals surface area contributed by atoms with Gasteiger partial charge < -0.3 is 16.2 Å². The number of aromatic nitrogens is 1. The quantitative estimate of drug-likeness (QED) is 0.731. The second kappa shape index (κ2) is 4.51. The summed E-state index contributed by atoms with van der Waals surface area (Å²) in [6.45, 7) is 0. The molecule has 0 spiro atoms. The Morgan fingerprint density at radius 3 is 2.56 bits per heavy atom. The van der Waals surface area contributed by atoms with Gasteiger partial charge in [-0.25, -0.2) is 4.98 Å². The highest BCUT2D eigenvalue weighted by molar-refractivity contribution is 7.13. The minimum atomic E-state index is -1.03. The fraction of sp³-hybridized carbons (Fsp3) is 0.667. The van der Waals surface area contributed by atoms with Gasteiger partial charge in [0, 0.05) is 11.4 Å². The summed E-state index contributed by atoms with van der Waals surface area (Å²) >= 11 is 1.45. The molecular weight excluding hydrogens is 250 g/mol. The number of carbonyl (C=O) groups is 1. The van der Waals surface area contributed by atoms with Crippen LogP contribution in [0.5, 0.6) is 0 Å². The second-order valence-electron chi connectivity index (χ2n) is 5.24. The van der Waals surface area contributed by atoms with E-state index >= 15 is 0 Å². The number of hydrogen-bond acceptors (Lipinski definition) is 5. The van der Waals surface area contributed by atoms with Crippen LogP contribution in [0.15, 0.2) is 5.38 Å². The molecule has 0 aromatic carbocycles. The monoisotopic (exact) mass is 267 g/mol. The van der Waals surface area contributed by atoms with Crippen molar-refractivity contribution in [2.45, 2.75) is 37.8 Å². The summed E-state index contributed by atoms with van der Waals surface area (Å²) in [6, 6.07) is -0.484. The third-order valence-corrected chi connectivity index (χ3v) is 4.45. The molecule has 0 amide bonds. The van der Waals surface area contributed by atoms with E-state index in [9.17, 15) is 4.79 Å². The van der Waals surface area contributed by atoms with Crippen LogP contribution >= 0.6 is 11.3 Å². The highest BCUT2D eigenvalue weighted by Crippen LogP contribution is 2.46. The minimum absolute atomic E-state index is 0.445. The van der Waals surface area contributed by atoms with Crippen LogP contribution in [-0.2, 0) is 4.79 Å². The van der Waals surface area contributed by atoms with Crippen LogP contribution in [-0.4, -0.2) is 22.1 Å². The molecule has 5 nitrogen and oxygen atoms in total. The van der Waals surface area contributed by atoms with Crippen LogP contribution in [0.4, 0.5) is 5.13 Å². The number of aliphatic carboxylic acids is 1. The van der Waals surface area contributed by atoms with E-state index < -0.39 is 12.0 Å². The van der Waals surface area contributed by atoms with Crippen molar-refractivity contribution in [3.8, 4) is 0 Å². The Morgan fingerprint density at radius 2 is 2.06 bits per heavy atom. The molecule has 1 unspecified atom stereocenters.